The quantitative estimate of drug-likeness (QED) is 0.947. The second-order valence-corrected chi connectivity index (χ2v) is 5.15. The monoisotopic (exact) mass is 306 g/mol. The molecule has 0 saturated carbocycles. The molecule has 0 saturated heterocycles. The normalized spacial score (nSPS) is 10.6. The van der Waals surface area contributed by atoms with Gasteiger partial charge in [0.2, 0.25) is 0 Å². The van der Waals surface area contributed by atoms with Crippen LogP contribution in [0, 0.1) is 6.92 Å². The Hall–Kier alpha value is -1.42. The van der Waals surface area contributed by atoms with E-state index in [0.29, 0.717) is 18.7 Å². The molecule has 18 heavy (non-hydrogen) atoms. The molecule has 0 aliphatic carbocycles. The molecule has 2 aromatic rings. The highest BCUT2D eigenvalue weighted by atomic mass is 79.9. The van der Waals surface area contributed by atoms with Crippen LogP contribution in [0.1, 0.15) is 29.6 Å². The lowest BCUT2D eigenvalue weighted by molar-refractivity contribution is 0.878. The van der Waals surface area contributed by atoms with Crippen LogP contribution >= 0.6 is 15.9 Å². The number of halogens is 1. The Balaban J connectivity index is 2.33. The molecule has 0 fully saturated rings. The van der Waals surface area contributed by atoms with E-state index in [1.165, 1.54) is 0 Å². The van der Waals surface area contributed by atoms with E-state index in [1.54, 1.807) is 0 Å². The predicted octanol–water partition coefficient (Wildman–Crippen LogP) is 2.99. The first kappa shape index (κ1) is 13.0. The topological polar surface area (TPSA) is 45.8 Å². The molecule has 94 valence electrons. The molecule has 1 aromatic heterocycles. The average molecular weight is 307 g/mol. The van der Waals surface area contributed by atoms with Crippen molar-refractivity contribution in [1.29, 1.82) is 0 Å². The highest BCUT2D eigenvalue weighted by Crippen LogP contribution is 2.13. The number of hydrogen-bond donors (Lipinski definition) is 1. The van der Waals surface area contributed by atoms with Gasteiger partial charge < -0.3 is 4.98 Å². The zero-order valence-electron chi connectivity index (χ0n) is 10.5. The van der Waals surface area contributed by atoms with Crippen LogP contribution in [-0.4, -0.2) is 9.97 Å². The van der Waals surface area contributed by atoms with E-state index in [9.17, 15) is 4.79 Å². The van der Waals surface area contributed by atoms with Crippen molar-refractivity contribution in [2.24, 2.45) is 0 Å². The number of aromatic nitrogens is 2. The van der Waals surface area contributed by atoms with Crippen molar-refractivity contribution >= 4 is 15.9 Å². The zero-order chi connectivity index (χ0) is 13.1. The summed E-state index contributed by atoms with van der Waals surface area (Å²) in [5.41, 5.74) is 2.70. The summed E-state index contributed by atoms with van der Waals surface area (Å²) in [4.78, 5) is 19.2. The summed E-state index contributed by atoms with van der Waals surface area (Å²) < 4.78 is 1.03. The minimum Gasteiger partial charge on any atom is -0.310 e. The predicted molar refractivity (Wildman–Crippen MR) is 75.9 cm³/mol. The molecule has 1 N–H and O–H groups in total. The fourth-order valence-corrected chi connectivity index (χ4v) is 2.46. The molecule has 0 radical (unpaired) electrons. The Morgan fingerprint density at radius 2 is 2.17 bits per heavy atom. The standard InChI is InChI=1S/C14H15BrN2O/c1-3-12-9(2)16-13(17-14(12)18)8-10-5-4-6-11(15)7-10/h4-7H,3,8H2,1-2H3,(H,16,17,18). The van der Waals surface area contributed by atoms with Gasteiger partial charge in [-0.3, -0.25) is 4.79 Å². The van der Waals surface area contributed by atoms with Gasteiger partial charge in [0.05, 0.1) is 0 Å². The maximum absolute atomic E-state index is 11.8. The highest BCUT2D eigenvalue weighted by molar-refractivity contribution is 9.10. The van der Waals surface area contributed by atoms with Crippen LogP contribution in [0.5, 0.6) is 0 Å². The number of nitrogens with one attached hydrogen (secondary N) is 1. The third-order valence-corrected chi connectivity index (χ3v) is 3.38. The molecular formula is C14H15BrN2O. The van der Waals surface area contributed by atoms with Crippen molar-refractivity contribution in [3.63, 3.8) is 0 Å². The average Bonchev–Trinajstić information content (AvgIpc) is 2.28. The maximum atomic E-state index is 11.8. The van der Waals surface area contributed by atoms with Gasteiger partial charge in [-0.25, -0.2) is 4.98 Å². The summed E-state index contributed by atoms with van der Waals surface area (Å²) >= 11 is 3.43. The van der Waals surface area contributed by atoms with E-state index in [2.05, 4.69) is 25.9 Å². The molecule has 1 aromatic carbocycles. The lowest BCUT2D eigenvalue weighted by Gasteiger charge is -2.06. The van der Waals surface area contributed by atoms with Gasteiger partial charge in [-0.15, -0.1) is 0 Å². The van der Waals surface area contributed by atoms with E-state index < -0.39 is 0 Å². The second-order valence-electron chi connectivity index (χ2n) is 4.24. The summed E-state index contributed by atoms with van der Waals surface area (Å²) in [6.45, 7) is 3.85. The molecule has 0 unspecified atom stereocenters. The number of rotatable bonds is 3. The van der Waals surface area contributed by atoms with Crippen LogP contribution < -0.4 is 5.56 Å². The number of benzene rings is 1. The number of H-pyrrole nitrogens is 1. The van der Waals surface area contributed by atoms with Crippen molar-refractivity contribution in [3.05, 3.63) is 61.7 Å². The van der Waals surface area contributed by atoms with Gasteiger partial charge in [-0.2, -0.15) is 0 Å². The molecule has 0 aliphatic heterocycles. The summed E-state index contributed by atoms with van der Waals surface area (Å²) in [5, 5.41) is 0. The van der Waals surface area contributed by atoms with E-state index in [-0.39, 0.29) is 5.56 Å². The van der Waals surface area contributed by atoms with Gasteiger partial charge in [0.15, 0.2) is 0 Å². The van der Waals surface area contributed by atoms with Crippen LogP contribution in [0.3, 0.4) is 0 Å². The lowest BCUT2D eigenvalue weighted by atomic mass is 10.1. The largest absolute Gasteiger partial charge is 0.310 e. The van der Waals surface area contributed by atoms with Crippen molar-refractivity contribution in [2.45, 2.75) is 26.7 Å². The van der Waals surface area contributed by atoms with Crippen molar-refractivity contribution < 1.29 is 0 Å². The molecule has 0 spiro atoms. The summed E-state index contributed by atoms with van der Waals surface area (Å²) in [6.07, 6.45) is 1.35. The summed E-state index contributed by atoms with van der Waals surface area (Å²) in [6, 6.07) is 8.01. The molecule has 2 rings (SSSR count). The first-order valence-electron chi connectivity index (χ1n) is 5.93. The van der Waals surface area contributed by atoms with Gasteiger partial charge in [-0.05, 0) is 31.0 Å². The van der Waals surface area contributed by atoms with Gasteiger partial charge >= 0.3 is 0 Å². The molecule has 0 aliphatic rings. The van der Waals surface area contributed by atoms with E-state index in [4.69, 9.17) is 0 Å². The fourth-order valence-electron chi connectivity index (χ4n) is 2.01. The Morgan fingerprint density at radius 3 is 2.78 bits per heavy atom. The Labute approximate surface area is 114 Å². The maximum Gasteiger partial charge on any atom is 0.254 e. The zero-order valence-corrected chi connectivity index (χ0v) is 12.0. The van der Waals surface area contributed by atoms with Gasteiger partial charge in [0.1, 0.15) is 5.82 Å². The van der Waals surface area contributed by atoms with Crippen molar-refractivity contribution in [3.8, 4) is 0 Å². The number of hydrogen-bond acceptors (Lipinski definition) is 2. The van der Waals surface area contributed by atoms with E-state index in [1.807, 2.05) is 38.1 Å². The van der Waals surface area contributed by atoms with Crippen LogP contribution in [0.2, 0.25) is 0 Å². The minimum absolute atomic E-state index is 0.0185. The molecule has 4 heteroatoms. The first-order chi connectivity index (χ1) is 8.60. The number of nitrogens with zero attached hydrogens (tertiary/aromatic N) is 1. The Kier molecular flexibility index (Phi) is 3.97. The van der Waals surface area contributed by atoms with Crippen LogP contribution in [0.25, 0.3) is 0 Å². The Bertz CT molecular complexity index is 619. The molecule has 1 heterocycles. The highest BCUT2D eigenvalue weighted by Gasteiger charge is 2.06. The van der Waals surface area contributed by atoms with Crippen molar-refractivity contribution in [1.82, 2.24) is 9.97 Å². The molecular weight excluding hydrogens is 292 g/mol. The van der Waals surface area contributed by atoms with Crippen LogP contribution in [0.4, 0.5) is 0 Å². The minimum atomic E-state index is -0.0185. The number of aryl methyl sites for hydroxylation is 1. The summed E-state index contributed by atoms with van der Waals surface area (Å²) in [5.74, 6) is 0.716. The fraction of sp³-hybridized carbons (Fsp3) is 0.286. The van der Waals surface area contributed by atoms with E-state index in [0.717, 1.165) is 21.3 Å². The second kappa shape index (κ2) is 5.48. The summed E-state index contributed by atoms with van der Waals surface area (Å²) in [7, 11) is 0. The lowest BCUT2D eigenvalue weighted by Crippen LogP contribution is -2.18. The molecule has 0 amide bonds. The van der Waals surface area contributed by atoms with E-state index >= 15 is 0 Å². The van der Waals surface area contributed by atoms with Crippen LogP contribution in [0.15, 0.2) is 33.5 Å². The number of aromatic amines is 1. The third kappa shape index (κ3) is 2.88. The Morgan fingerprint density at radius 1 is 1.39 bits per heavy atom. The van der Waals surface area contributed by atoms with Gasteiger partial charge in [0, 0.05) is 22.2 Å². The van der Waals surface area contributed by atoms with Crippen LogP contribution in [-0.2, 0) is 12.8 Å². The first-order valence-corrected chi connectivity index (χ1v) is 6.72. The molecule has 0 bridgehead atoms. The smallest absolute Gasteiger partial charge is 0.254 e. The van der Waals surface area contributed by atoms with Gasteiger partial charge in [-0.1, -0.05) is 35.0 Å². The molecule has 3 nitrogen and oxygen atoms in total. The third-order valence-electron chi connectivity index (χ3n) is 2.89. The van der Waals surface area contributed by atoms with Crippen molar-refractivity contribution in [2.75, 3.05) is 0 Å². The SMILES string of the molecule is CCc1c(C)nc(Cc2cccc(Br)c2)[nH]c1=O. The molecule has 0 atom stereocenters. The van der Waals surface area contributed by atoms with Gasteiger partial charge in [0.25, 0.3) is 5.56 Å².